The fraction of sp³-hybridized carbons (Fsp3) is 0.500. The number of piperazine rings is 1. The van der Waals surface area contributed by atoms with Crippen LogP contribution in [0.15, 0.2) is 35.3 Å². The molecule has 4 rings (SSSR count). The predicted octanol–water partition coefficient (Wildman–Crippen LogP) is 3.21. The molecule has 3 heterocycles. The van der Waals surface area contributed by atoms with Crippen LogP contribution in [0.1, 0.15) is 25.3 Å². The minimum Gasteiger partial charge on any atom is -0.354 e. The quantitative estimate of drug-likeness (QED) is 0.851. The van der Waals surface area contributed by atoms with Gasteiger partial charge in [-0.2, -0.15) is 0 Å². The van der Waals surface area contributed by atoms with Gasteiger partial charge in [0.1, 0.15) is 5.82 Å². The van der Waals surface area contributed by atoms with Crippen molar-refractivity contribution in [1.82, 2.24) is 9.88 Å². The normalized spacial score (nSPS) is 22.7. The van der Waals surface area contributed by atoms with E-state index >= 15 is 0 Å². The highest BCUT2D eigenvalue weighted by Crippen LogP contribution is 2.23. The number of aliphatic imine (C=N–C) groups is 1. The average molecular weight is 322 g/mol. The van der Waals surface area contributed by atoms with Gasteiger partial charge in [0.15, 0.2) is 0 Å². The molecule has 0 aliphatic carbocycles. The minimum atomic E-state index is 0.719. The molecule has 4 nitrogen and oxygen atoms in total. The third-order valence-electron chi connectivity index (χ3n) is 5.31. The van der Waals surface area contributed by atoms with E-state index in [4.69, 9.17) is 9.98 Å². The highest BCUT2D eigenvalue weighted by atomic mass is 15.3. The summed E-state index contributed by atoms with van der Waals surface area (Å²) in [5.41, 5.74) is 3.59. The number of likely N-dealkylation sites (N-methyl/N-ethyl adjacent to an activating group) is 1. The van der Waals surface area contributed by atoms with Gasteiger partial charge in [0.05, 0.1) is 5.52 Å². The molecular formula is C20H26N4. The average Bonchev–Trinajstić information content (AvgIpc) is 2.62. The number of hydrogen-bond donors (Lipinski definition) is 0. The van der Waals surface area contributed by atoms with E-state index in [0.717, 1.165) is 56.4 Å². The number of hydrogen-bond acceptors (Lipinski definition) is 4. The van der Waals surface area contributed by atoms with Crippen LogP contribution in [0.4, 0.5) is 5.82 Å². The molecule has 0 unspecified atom stereocenters. The van der Waals surface area contributed by atoms with Gasteiger partial charge in [0.25, 0.3) is 0 Å². The molecule has 2 aromatic rings. The van der Waals surface area contributed by atoms with Crippen LogP contribution in [0.3, 0.4) is 0 Å². The number of rotatable bonds is 2. The van der Waals surface area contributed by atoms with E-state index in [2.05, 4.69) is 54.1 Å². The monoisotopic (exact) mass is 322 g/mol. The van der Waals surface area contributed by atoms with Gasteiger partial charge in [0.2, 0.25) is 0 Å². The van der Waals surface area contributed by atoms with E-state index < -0.39 is 0 Å². The number of aromatic nitrogens is 1. The molecule has 1 saturated heterocycles. The van der Waals surface area contributed by atoms with Crippen molar-refractivity contribution in [2.24, 2.45) is 10.9 Å². The maximum Gasteiger partial charge on any atom is 0.129 e. The Labute approximate surface area is 144 Å². The van der Waals surface area contributed by atoms with Gasteiger partial charge in [-0.25, -0.2) is 4.98 Å². The summed E-state index contributed by atoms with van der Waals surface area (Å²) in [5, 5.41) is 1.21. The summed E-state index contributed by atoms with van der Waals surface area (Å²) in [5.74, 6) is 1.82. The maximum atomic E-state index is 4.95. The van der Waals surface area contributed by atoms with E-state index in [9.17, 15) is 0 Å². The summed E-state index contributed by atoms with van der Waals surface area (Å²) in [6.07, 6.45) is 2.33. The fourth-order valence-electron chi connectivity index (χ4n) is 3.55. The fourth-order valence-corrected chi connectivity index (χ4v) is 3.55. The first kappa shape index (κ1) is 15.6. The summed E-state index contributed by atoms with van der Waals surface area (Å²) >= 11 is 0. The van der Waals surface area contributed by atoms with Crippen molar-refractivity contribution in [2.75, 3.05) is 44.7 Å². The summed E-state index contributed by atoms with van der Waals surface area (Å²) in [7, 11) is 2.18. The molecule has 1 fully saturated rings. The van der Waals surface area contributed by atoms with E-state index in [-0.39, 0.29) is 0 Å². The molecule has 2 aliphatic rings. The first-order valence-electron chi connectivity index (χ1n) is 9.07. The lowest BCUT2D eigenvalue weighted by atomic mass is 9.95. The Morgan fingerprint density at radius 2 is 1.83 bits per heavy atom. The third kappa shape index (κ3) is 3.16. The van der Waals surface area contributed by atoms with Crippen LogP contribution < -0.4 is 4.90 Å². The molecule has 24 heavy (non-hydrogen) atoms. The third-order valence-corrected chi connectivity index (χ3v) is 5.31. The van der Waals surface area contributed by atoms with Crippen LogP contribution in [0.25, 0.3) is 10.9 Å². The van der Waals surface area contributed by atoms with Crippen LogP contribution in [0, 0.1) is 5.92 Å². The Hall–Kier alpha value is -1.94. The summed E-state index contributed by atoms with van der Waals surface area (Å²) in [6.45, 7) is 7.56. The SMILES string of the molecule is C[C@H]1CCC(c2ccc3ccc(N4CCN(C)CC4)nc3c2)=NC1. The van der Waals surface area contributed by atoms with Crippen LogP contribution in [-0.2, 0) is 0 Å². The van der Waals surface area contributed by atoms with Crippen molar-refractivity contribution in [3.63, 3.8) is 0 Å². The molecule has 1 aromatic heterocycles. The Bertz CT molecular complexity index is 759. The number of anilines is 1. The van der Waals surface area contributed by atoms with Crippen LogP contribution >= 0.6 is 0 Å². The van der Waals surface area contributed by atoms with E-state index in [0.29, 0.717) is 0 Å². The summed E-state index contributed by atoms with van der Waals surface area (Å²) in [6, 6.07) is 11.0. The highest BCUT2D eigenvalue weighted by molar-refractivity contribution is 6.03. The topological polar surface area (TPSA) is 31.7 Å². The van der Waals surface area contributed by atoms with Crippen molar-refractivity contribution in [1.29, 1.82) is 0 Å². The van der Waals surface area contributed by atoms with Crippen LogP contribution in [-0.4, -0.2) is 55.4 Å². The van der Waals surface area contributed by atoms with Gasteiger partial charge >= 0.3 is 0 Å². The molecular weight excluding hydrogens is 296 g/mol. The van der Waals surface area contributed by atoms with Crippen LogP contribution in [0.5, 0.6) is 0 Å². The van der Waals surface area contributed by atoms with Crippen molar-refractivity contribution < 1.29 is 0 Å². The molecule has 126 valence electrons. The highest BCUT2D eigenvalue weighted by Gasteiger charge is 2.16. The van der Waals surface area contributed by atoms with Crippen LogP contribution in [0.2, 0.25) is 0 Å². The molecule has 1 aromatic carbocycles. The first-order valence-corrected chi connectivity index (χ1v) is 9.07. The molecule has 4 heteroatoms. The molecule has 0 N–H and O–H groups in total. The van der Waals surface area contributed by atoms with Gasteiger partial charge in [-0.1, -0.05) is 19.1 Å². The molecule has 0 saturated carbocycles. The zero-order valence-electron chi connectivity index (χ0n) is 14.7. The molecule has 0 bridgehead atoms. The summed E-state index contributed by atoms with van der Waals surface area (Å²) in [4.78, 5) is 14.5. The second-order valence-corrected chi connectivity index (χ2v) is 7.30. The Kier molecular flexibility index (Phi) is 4.23. The van der Waals surface area contributed by atoms with E-state index in [1.54, 1.807) is 0 Å². The number of pyridine rings is 1. The first-order chi connectivity index (χ1) is 11.7. The number of benzene rings is 1. The standard InChI is InChI=1S/C20H26N4/c1-15-3-7-18(21-14-15)17-5-4-16-6-8-20(22-19(16)13-17)24-11-9-23(2)10-12-24/h4-6,8,13,15H,3,7,9-12,14H2,1-2H3/t15-/m0/s1. The molecule has 2 aliphatic heterocycles. The Morgan fingerprint density at radius 3 is 2.58 bits per heavy atom. The lowest BCUT2D eigenvalue weighted by Gasteiger charge is -2.33. The van der Waals surface area contributed by atoms with Gasteiger partial charge in [-0.3, -0.25) is 4.99 Å². The van der Waals surface area contributed by atoms with E-state index in [1.807, 2.05) is 0 Å². The van der Waals surface area contributed by atoms with Crippen molar-refractivity contribution in [3.8, 4) is 0 Å². The van der Waals surface area contributed by atoms with Gasteiger partial charge in [-0.05, 0) is 49.6 Å². The zero-order valence-corrected chi connectivity index (χ0v) is 14.7. The van der Waals surface area contributed by atoms with E-state index in [1.165, 1.54) is 23.1 Å². The lowest BCUT2D eigenvalue weighted by molar-refractivity contribution is 0.312. The van der Waals surface area contributed by atoms with Gasteiger partial charge in [-0.15, -0.1) is 0 Å². The lowest BCUT2D eigenvalue weighted by Crippen LogP contribution is -2.44. The predicted molar refractivity (Wildman–Crippen MR) is 101 cm³/mol. The molecule has 0 spiro atoms. The molecule has 1 atom stereocenters. The van der Waals surface area contributed by atoms with Crippen molar-refractivity contribution in [3.05, 3.63) is 35.9 Å². The number of nitrogens with zero attached hydrogens (tertiary/aromatic N) is 4. The number of fused-ring (bicyclic) bond motifs is 1. The zero-order chi connectivity index (χ0) is 16.5. The molecule has 0 amide bonds. The van der Waals surface area contributed by atoms with Crippen molar-refractivity contribution >= 4 is 22.4 Å². The van der Waals surface area contributed by atoms with Gasteiger partial charge in [0, 0.05) is 43.8 Å². The minimum absolute atomic E-state index is 0.719. The Morgan fingerprint density at radius 1 is 1.04 bits per heavy atom. The van der Waals surface area contributed by atoms with Crippen molar-refractivity contribution in [2.45, 2.75) is 19.8 Å². The second-order valence-electron chi connectivity index (χ2n) is 7.30. The second kappa shape index (κ2) is 6.52. The Balaban J connectivity index is 1.63. The molecule has 0 radical (unpaired) electrons. The maximum absolute atomic E-state index is 4.95. The summed E-state index contributed by atoms with van der Waals surface area (Å²) < 4.78 is 0. The largest absolute Gasteiger partial charge is 0.354 e. The van der Waals surface area contributed by atoms with Gasteiger partial charge < -0.3 is 9.80 Å². The smallest absolute Gasteiger partial charge is 0.129 e.